The highest BCUT2D eigenvalue weighted by Crippen LogP contribution is 2.27. The van der Waals surface area contributed by atoms with Crippen LogP contribution in [-0.4, -0.2) is 18.8 Å². The molecule has 0 N–H and O–H groups in total. The van der Waals surface area contributed by atoms with Crippen molar-refractivity contribution < 1.29 is 9.47 Å². The first kappa shape index (κ1) is 14.1. The molecule has 1 aliphatic heterocycles. The third kappa shape index (κ3) is 5.07. The largest absolute Gasteiger partial charge is 0.491 e. The van der Waals surface area contributed by atoms with Gasteiger partial charge in [0.2, 0.25) is 0 Å². The number of ether oxygens (including phenoxy) is 2. The fraction of sp³-hybridized carbons (Fsp3) is 0.529. The van der Waals surface area contributed by atoms with Crippen molar-refractivity contribution in [3.8, 4) is 5.75 Å². The maximum atomic E-state index is 5.70. The smallest absolute Gasteiger partial charge is 0.123 e. The molecular formula is C17H24O2. The number of unbranched alkanes of at least 4 members (excludes halogenated alkanes) is 3. The average Bonchev–Trinajstić information content (AvgIpc) is 3.16. The Labute approximate surface area is 116 Å². The highest BCUT2D eigenvalue weighted by molar-refractivity contribution is 5.50. The van der Waals surface area contributed by atoms with Crippen molar-refractivity contribution in [2.24, 2.45) is 0 Å². The molecule has 1 saturated heterocycles. The van der Waals surface area contributed by atoms with Crippen molar-refractivity contribution in [1.82, 2.24) is 0 Å². The molecule has 2 heteroatoms. The summed E-state index contributed by atoms with van der Waals surface area (Å²) in [6.07, 6.45) is 9.49. The molecule has 0 radical (unpaired) electrons. The Kier molecular flexibility index (Phi) is 5.03. The highest BCUT2D eigenvalue weighted by atomic mass is 16.6. The van der Waals surface area contributed by atoms with Gasteiger partial charge < -0.3 is 9.47 Å². The summed E-state index contributed by atoms with van der Waals surface area (Å²) in [6, 6.07) is 8.25. The lowest BCUT2D eigenvalue weighted by Crippen LogP contribution is -2.16. The zero-order chi connectivity index (χ0) is 13.6. The molecule has 1 unspecified atom stereocenters. The van der Waals surface area contributed by atoms with Gasteiger partial charge in [0, 0.05) is 0 Å². The van der Waals surface area contributed by atoms with Crippen LogP contribution in [0.5, 0.6) is 5.75 Å². The summed E-state index contributed by atoms with van der Waals surface area (Å²) >= 11 is 0. The number of benzene rings is 1. The van der Waals surface area contributed by atoms with Gasteiger partial charge in [0.25, 0.3) is 0 Å². The molecule has 1 aliphatic rings. The normalized spacial score (nSPS) is 21.8. The molecule has 1 fully saturated rings. The van der Waals surface area contributed by atoms with E-state index in [1.807, 2.05) is 12.1 Å². The quantitative estimate of drug-likeness (QED) is 0.509. The zero-order valence-corrected chi connectivity index (χ0v) is 12.0. The Morgan fingerprint density at radius 1 is 1.26 bits per heavy atom. The van der Waals surface area contributed by atoms with Crippen LogP contribution in [0, 0.1) is 0 Å². The molecule has 1 aromatic carbocycles. The van der Waals surface area contributed by atoms with Crippen molar-refractivity contribution in [2.75, 3.05) is 13.2 Å². The summed E-state index contributed by atoms with van der Waals surface area (Å²) in [7, 11) is 0. The van der Waals surface area contributed by atoms with Crippen LogP contribution in [0.4, 0.5) is 0 Å². The monoisotopic (exact) mass is 260 g/mol. The first-order chi connectivity index (χ1) is 9.22. The van der Waals surface area contributed by atoms with Crippen molar-refractivity contribution in [3.05, 3.63) is 35.9 Å². The van der Waals surface area contributed by atoms with E-state index < -0.39 is 0 Å². The summed E-state index contributed by atoms with van der Waals surface area (Å²) in [4.78, 5) is 0. The lowest BCUT2D eigenvalue weighted by Gasteiger charge is -2.08. The van der Waals surface area contributed by atoms with E-state index in [0.29, 0.717) is 6.61 Å². The predicted octanol–water partition coefficient (Wildman–Crippen LogP) is 4.45. The second kappa shape index (κ2) is 6.76. The van der Waals surface area contributed by atoms with Gasteiger partial charge >= 0.3 is 0 Å². The van der Waals surface area contributed by atoms with Crippen molar-refractivity contribution in [2.45, 2.75) is 45.1 Å². The van der Waals surface area contributed by atoms with Crippen molar-refractivity contribution in [3.63, 3.8) is 0 Å². The summed E-state index contributed by atoms with van der Waals surface area (Å²) in [5.41, 5.74) is 1.19. The SMILES string of the molecule is CCCCC/C=C/c1ccc(OCC2(C)CO2)cc1. The number of hydrogen-bond acceptors (Lipinski definition) is 2. The number of rotatable bonds is 8. The van der Waals surface area contributed by atoms with E-state index in [4.69, 9.17) is 9.47 Å². The molecule has 0 bridgehead atoms. The Morgan fingerprint density at radius 3 is 2.63 bits per heavy atom. The Hall–Kier alpha value is -1.28. The molecule has 104 valence electrons. The van der Waals surface area contributed by atoms with E-state index in [2.05, 4.69) is 38.1 Å². The maximum absolute atomic E-state index is 5.70. The Balaban J connectivity index is 1.74. The maximum Gasteiger partial charge on any atom is 0.123 e. The summed E-state index contributed by atoms with van der Waals surface area (Å²) in [6.45, 7) is 5.75. The Morgan fingerprint density at radius 2 is 2.00 bits per heavy atom. The van der Waals surface area contributed by atoms with E-state index in [1.54, 1.807) is 0 Å². The van der Waals surface area contributed by atoms with Crippen LogP contribution in [0.15, 0.2) is 30.3 Å². The highest BCUT2D eigenvalue weighted by Gasteiger charge is 2.40. The fourth-order valence-corrected chi connectivity index (χ4v) is 1.85. The minimum absolute atomic E-state index is 0.0438. The fourth-order valence-electron chi connectivity index (χ4n) is 1.85. The first-order valence-corrected chi connectivity index (χ1v) is 7.25. The average molecular weight is 260 g/mol. The molecule has 2 rings (SSSR count). The number of hydrogen-bond donors (Lipinski definition) is 0. The van der Waals surface area contributed by atoms with Crippen molar-refractivity contribution in [1.29, 1.82) is 0 Å². The zero-order valence-electron chi connectivity index (χ0n) is 12.0. The first-order valence-electron chi connectivity index (χ1n) is 7.25. The molecule has 1 aromatic rings. The predicted molar refractivity (Wildman–Crippen MR) is 79.5 cm³/mol. The molecule has 0 amide bonds. The van der Waals surface area contributed by atoms with Gasteiger partial charge in [-0.1, -0.05) is 44.1 Å². The van der Waals surface area contributed by atoms with Crippen molar-refractivity contribution >= 4 is 6.08 Å². The van der Waals surface area contributed by atoms with Gasteiger partial charge in [-0.25, -0.2) is 0 Å². The standard InChI is InChI=1S/C17H24O2/c1-3-4-5-6-7-8-15-9-11-16(12-10-15)18-13-17(2)14-19-17/h7-12H,3-6,13-14H2,1-2H3/b8-7+. The molecule has 2 nitrogen and oxygen atoms in total. The second-order valence-corrected chi connectivity index (χ2v) is 5.49. The molecule has 0 aromatic heterocycles. The van der Waals surface area contributed by atoms with Gasteiger partial charge in [-0.15, -0.1) is 0 Å². The molecule has 0 aliphatic carbocycles. The van der Waals surface area contributed by atoms with Gasteiger partial charge in [0.05, 0.1) is 6.61 Å². The molecule has 1 heterocycles. The van der Waals surface area contributed by atoms with Crippen LogP contribution < -0.4 is 4.74 Å². The molecule has 1 atom stereocenters. The third-order valence-electron chi connectivity index (χ3n) is 3.35. The minimum Gasteiger partial charge on any atom is -0.491 e. The van der Waals surface area contributed by atoms with Crippen LogP contribution in [-0.2, 0) is 4.74 Å². The van der Waals surface area contributed by atoms with Gasteiger partial charge in [0.1, 0.15) is 18.0 Å². The van der Waals surface area contributed by atoms with Gasteiger partial charge in [-0.05, 0) is 37.5 Å². The summed E-state index contributed by atoms with van der Waals surface area (Å²) < 4.78 is 11.0. The van der Waals surface area contributed by atoms with E-state index >= 15 is 0 Å². The van der Waals surface area contributed by atoms with Gasteiger partial charge in [-0.2, -0.15) is 0 Å². The summed E-state index contributed by atoms with van der Waals surface area (Å²) in [5.74, 6) is 0.917. The third-order valence-corrected chi connectivity index (χ3v) is 3.35. The lowest BCUT2D eigenvalue weighted by molar-refractivity contribution is 0.202. The van der Waals surface area contributed by atoms with E-state index in [-0.39, 0.29) is 5.60 Å². The lowest BCUT2D eigenvalue weighted by atomic mass is 10.1. The topological polar surface area (TPSA) is 21.8 Å². The van der Waals surface area contributed by atoms with Gasteiger partial charge in [-0.3, -0.25) is 0 Å². The van der Waals surface area contributed by atoms with Crippen LogP contribution in [0.1, 0.15) is 45.1 Å². The number of allylic oxidation sites excluding steroid dienone is 1. The number of epoxide rings is 1. The van der Waals surface area contributed by atoms with Crippen LogP contribution in [0.25, 0.3) is 6.08 Å². The second-order valence-electron chi connectivity index (χ2n) is 5.49. The molecule has 19 heavy (non-hydrogen) atoms. The minimum atomic E-state index is -0.0438. The van der Waals surface area contributed by atoms with E-state index in [1.165, 1.54) is 31.2 Å². The van der Waals surface area contributed by atoms with Crippen LogP contribution in [0.3, 0.4) is 0 Å². The molecular weight excluding hydrogens is 236 g/mol. The molecule has 0 spiro atoms. The van der Waals surface area contributed by atoms with E-state index in [9.17, 15) is 0 Å². The Bertz CT molecular complexity index is 402. The van der Waals surface area contributed by atoms with Gasteiger partial charge in [0.15, 0.2) is 0 Å². The van der Waals surface area contributed by atoms with Crippen LogP contribution in [0.2, 0.25) is 0 Å². The van der Waals surface area contributed by atoms with E-state index in [0.717, 1.165) is 12.4 Å². The summed E-state index contributed by atoms with van der Waals surface area (Å²) in [5, 5.41) is 0. The molecule has 0 saturated carbocycles. The van der Waals surface area contributed by atoms with Crippen LogP contribution >= 0.6 is 0 Å².